The van der Waals surface area contributed by atoms with Gasteiger partial charge in [0.05, 0.1) is 23.6 Å². The molecule has 1 saturated heterocycles. The van der Waals surface area contributed by atoms with Crippen LogP contribution in [0.1, 0.15) is 28.9 Å². The summed E-state index contributed by atoms with van der Waals surface area (Å²) in [6, 6.07) is 13.8. The molecule has 1 fully saturated rings. The van der Waals surface area contributed by atoms with E-state index in [-0.39, 0.29) is 22.4 Å². The van der Waals surface area contributed by atoms with Gasteiger partial charge in [0.15, 0.2) is 0 Å². The predicted octanol–water partition coefficient (Wildman–Crippen LogP) is 2.12. The number of ether oxygens (including phenoxy) is 1. The van der Waals surface area contributed by atoms with Gasteiger partial charge in [0, 0.05) is 26.2 Å². The molecule has 1 atom stereocenters. The van der Waals surface area contributed by atoms with Gasteiger partial charge in [-0.15, -0.1) is 0 Å². The molecule has 7 nitrogen and oxygen atoms in total. The van der Waals surface area contributed by atoms with Crippen LogP contribution in [0.25, 0.3) is 0 Å². The zero-order valence-corrected chi connectivity index (χ0v) is 17.8. The lowest BCUT2D eigenvalue weighted by atomic mass is 10.1. The van der Waals surface area contributed by atoms with Gasteiger partial charge in [-0.25, -0.2) is 8.42 Å². The molecule has 1 aliphatic heterocycles. The summed E-state index contributed by atoms with van der Waals surface area (Å²) in [4.78, 5) is 15.1. The Kier molecular flexibility index (Phi) is 6.56. The van der Waals surface area contributed by atoms with Crippen LogP contribution < -0.4 is 10.1 Å². The lowest BCUT2D eigenvalue weighted by Gasteiger charge is -2.31. The first kappa shape index (κ1) is 21.3. The van der Waals surface area contributed by atoms with Crippen molar-refractivity contribution in [2.45, 2.75) is 17.9 Å². The standard InChI is InChI=1S/C21H27N3O4S/c1-16(17-7-5-4-6-8-17)22-21(25)19-15-18(9-10-20(19)28-3)29(26,27)24-13-11-23(2)12-14-24/h4-10,15-16H,11-14H2,1-3H3,(H,22,25)/t16-/m0/s1. The summed E-state index contributed by atoms with van der Waals surface area (Å²) in [5.74, 6) is -0.0475. The molecule has 0 saturated carbocycles. The molecule has 156 valence electrons. The van der Waals surface area contributed by atoms with Crippen molar-refractivity contribution < 1.29 is 17.9 Å². The second-order valence-electron chi connectivity index (χ2n) is 7.18. The Morgan fingerprint density at radius 1 is 1.07 bits per heavy atom. The number of hydrogen-bond acceptors (Lipinski definition) is 5. The topological polar surface area (TPSA) is 79.0 Å². The SMILES string of the molecule is COc1ccc(S(=O)(=O)N2CCN(C)CC2)cc1C(=O)N[C@@H](C)c1ccccc1. The minimum absolute atomic E-state index is 0.0976. The van der Waals surface area contributed by atoms with E-state index in [0.717, 1.165) is 5.56 Å². The van der Waals surface area contributed by atoms with Crippen LogP contribution in [-0.2, 0) is 10.0 Å². The van der Waals surface area contributed by atoms with Gasteiger partial charge in [-0.1, -0.05) is 30.3 Å². The molecular formula is C21H27N3O4S. The maximum absolute atomic E-state index is 13.0. The predicted molar refractivity (Wildman–Crippen MR) is 112 cm³/mol. The van der Waals surface area contributed by atoms with Crippen LogP contribution in [0.15, 0.2) is 53.4 Å². The van der Waals surface area contributed by atoms with E-state index in [2.05, 4.69) is 10.2 Å². The Bertz CT molecular complexity index is 955. The molecule has 2 aromatic rings. The molecule has 1 heterocycles. The number of benzene rings is 2. The zero-order chi connectivity index (χ0) is 21.0. The number of nitrogens with zero attached hydrogens (tertiary/aromatic N) is 2. The van der Waals surface area contributed by atoms with Gasteiger partial charge < -0.3 is 15.0 Å². The number of methoxy groups -OCH3 is 1. The maximum Gasteiger partial charge on any atom is 0.255 e. The highest BCUT2D eigenvalue weighted by molar-refractivity contribution is 7.89. The van der Waals surface area contributed by atoms with Crippen molar-refractivity contribution in [3.8, 4) is 5.75 Å². The van der Waals surface area contributed by atoms with E-state index in [1.807, 2.05) is 44.3 Å². The van der Waals surface area contributed by atoms with E-state index in [9.17, 15) is 13.2 Å². The number of likely N-dealkylation sites (N-methyl/N-ethyl adjacent to an activating group) is 1. The number of amides is 1. The maximum atomic E-state index is 13.0. The van der Waals surface area contributed by atoms with E-state index in [0.29, 0.717) is 31.9 Å². The smallest absolute Gasteiger partial charge is 0.255 e. The third-order valence-corrected chi connectivity index (χ3v) is 7.06. The van der Waals surface area contributed by atoms with E-state index < -0.39 is 10.0 Å². The Balaban J connectivity index is 1.86. The number of carbonyl (C=O) groups is 1. The molecule has 0 radical (unpaired) electrons. The minimum Gasteiger partial charge on any atom is -0.496 e. The molecular weight excluding hydrogens is 390 g/mol. The van der Waals surface area contributed by atoms with Gasteiger partial charge >= 0.3 is 0 Å². The van der Waals surface area contributed by atoms with E-state index in [4.69, 9.17) is 4.74 Å². The summed E-state index contributed by atoms with van der Waals surface area (Å²) in [6.45, 7) is 4.09. The third-order valence-electron chi connectivity index (χ3n) is 5.16. The van der Waals surface area contributed by atoms with Crippen LogP contribution >= 0.6 is 0 Å². The lowest BCUT2D eigenvalue weighted by Crippen LogP contribution is -2.47. The Morgan fingerprint density at radius 3 is 2.34 bits per heavy atom. The molecule has 1 N–H and O–H groups in total. The highest BCUT2D eigenvalue weighted by Gasteiger charge is 2.29. The van der Waals surface area contributed by atoms with Crippen molar-refractivity contribution in [1.29, 1.82) is 0 Å². The molecule has 8 heteroatoms. The van der Waals surface area contributed by atoms with Gasteiger partial charge in [0.1, 0.15) is 5.75 Å². The Morgan fingerprint density at radius 2 is 1.72 bits per heavy atom. The van der Waals surface area contributed by atoms with Crippen LogP contribution in [0.3, 0.4) is 0 Å². The van der Waals surface area contributed by atoms with E-state index in [1.165, 1.54) is 29.6 Å². The molecule has 1 aliphatic rings. The average Bonchev–Trinajstić information content (AvgIpc) is 2.74. The summed E-state index contributed by atoms with van der Waals surface area (Å²) in [5, 5.41) is 2.92. The minimum atomic E-state index is -3.68. The lowest BCUT2D eigenvalue weighted by molar-refractivity contribution is 0.0936. The van der Waals surface area contributed by atoms with Crippen molar-refractivity contribution in [1.82, 2.24) is 14.5 Å². The highest BCUT2D eigenvalue weighted by atomic mass is 32.2. The first-order chi connectivity index (χ1) is 13.8. The van der Waals surface area contributed by atoms with Crippen molar-refractivity contribution in [3.05, 3.63) is 59.7 Å². The van der Waals surface area contributed by atoms with Crippen molar-refractivity contribution in [2.24, 2.45) is 0 Å². The first-order valence-corrected chi connectivity index (χ1v) is 11.0. The average molecular weight is 418 g/mol. The summed E-state index contributed by atoms with van der Waals surface area (Å²) in [7, 11) is -0.250. The van der Waals surface area contributed by atoms with Gasteiger partial charge in [0.25, 0.3) is 5.91 Å². The number of sulfonamides is 1. The number of rotatable bonds is 6. The fourth-order valence-corrected chi connectivity index (χ4v) is 4.75. The molecule has 0 aromatic heterocycles. The summed E-state index contributed by atoms with van der Waals surface area (Å²) >= 11 is 0. The second kappa shape index (κ2) is 8.94. The van der Waals surface area contributed by atoms with Crippen LogP contribution in [0.5, 0.6) is 5.75 Å². The number of nitrogens with one attached hydrogen (secondary N) is 1. The van der Waals surface area contributed by atoms with Crippen LogP contribution in [0.4, 0.5) is 0 Å². The zero-order valence-electron chi connectivity index (χ0n) is 17.0. The molecule has 0 unspecified atom stereocenters. The molecule has 1 amide bonds. The summed E-state index contributed by atoms with van der Waals surface area (Å²) in [6.07, 6.45) is 0. The van der Waals surface area contributed by atoms with Crippen molar-refractivity contribution in [2.75, 3.05) is 40.3 Å². The van der Waals surface area contributed by atoms with E-state index >= 15 is 0 Å². The first-order valence-electron chi connectivity index (χ1n) is 9.55. The normalized spacial score (nSPS) is 16.9. The van der Waals surface area contributed by atoms with Crippen LogP contribution in [0, 0.1) is 0 Å². The molecule has 0 spiro atoms. The monoisotopic (exact) mass is 417 g/mol. The van der Waals surface area contributed by atoms with Gasteiger partial charge in [-0.05, 0) is 37.7 Å². The molecule has 3 rings (SSSR count). The largest absolute Gasteiger partial charge is 0.496 e. The summed E-state index contributed by atoms with van der Waals surface area (Å²) in [5.41, 5.74) is 1.16. The molecule has 0 bridgehead atoms. The Labute approximate surface area is 172 Å². The van der Waals surface area contributed by atoms with Crippen LogP contribution in [0.2, 0.25) is 0 Å². The quantitative estimate of drug-likeness (QED) is 0.779. The van der Waals surface area contributed by atoms with Crippen molar-refractivity contribution in [3.63, 3.8) is 0 Å². The molecule has 0 aliphatic carbocycles. The second-order valence-corrected chi connectivity index (χ2v) is 9.11. The number of piperazine rings is 1. The number of hydrogen-bond donors (Lipinski definition) is 1. The Hall–Kier alpha value is -2.42. The highest BCUT2D eigenvalue weighted by Crippen LogP contribution is 2.26. The fraction of sp³-hybridized carbons (Fsp3) is 0.381. The molecule has 2 aromatic carbocycles. The van der Waals surface area contributed by atoms with Gasteiger partial charge in [0.2, 0.25) is 10.0 Å². The fourth-order valence-electron chi connectivity index (χ4n) is 3.30. The van der Waals surface area contributed by atoms with Gasteiger partial charge in [-0.3, -0.25) is 4.79 Å². The molecule has 29 heavy (non-hydrogen) atoms. The van der Waals surface area contributed by atoms with Gasteiger partial charge in [-0.2, -0.15) is 4.31 Å². The van der Waals surface area contributed by atoms with Crippen molar-refractivity contribution >= 4 is 15.9 Å². The van der Waals surface area contributed by atoms with Crippen LogP contribution in [-0.4, -0.2) is 63.9 Å². The summed E-state index contributed by atoms with van der Waals surface area (Å²) < 4.78 is 32.9. The number of carbonyl (C=O) groups excluding carboxylic acids is 1. The van der Waals surface area contributed by atoms with E-state index in [1.54, 1.807) is 0 Å². The third kappa shape index (κ3) is 4.77.